The third kappa shape index (κ3) is 3.71. The molecule has 0 spiro atoms. The highest BCUT2D eigenvalue weighted by Gasteiger charge is 2.19. The molecule has 5 nitrogen and oxygen atoms in total. The molecule has 0 bridgehead atoms. The number of amides is 1. The summed E-state index contributed by atoms with van der Waals surface area (Å²) in [5.41, 5.74) is 7.45. The first-order chi connectivity index (χ1) is 10.0. The smallest absolute Gasteiger partial charge is 0.241 e. The lowest BCUT2D eigenvalue weighted by molar-refractivity contribution is -0.118. The highest BCUT2D eigenvalue weighted by molar-refractivity contribution is 9.10. The van der Waals surface area contributed by atoms with Crippen LogP contribution < -0.4 is 11.1 Å². The second-order valence-electron chi connectivity index (χ2n) is 5.03. The number of nitrogens with one attached hydrogen (secondary N) is 1. The van der Waals surface area contributed by atoms with Crippen molar-refractivity contribution in [3.05, 3.63) is 41.1 Å². The van der Waals surface area contributed by atoms with Crippen LogP contribution in [0.4, 0.5) is 5.69 Å². The first-order valence-electron chi connectivity index (χ1n) is 6.89. The second-order valence-corrected chi connectivity index (χ2v) is 5.88. The van der Waals surface area contributed by atoms with E-state index >= 15 is 0 Å². The molecule has 3 N–H and O–H groups in total. The normalized spacial score (nSPS) is 13.7. The minimum atomic E-state index is -0.512. The van der Waals surface area contributed by atoms with Gasteiger partial charge in [0.25, 0.3) is 0 Å². The van der Waals surface area contributed by atoms with Gasteiger partial charge in [-0.15, -0.1) is 0 Å². The zero-order valence-corrected chi connectivity index (χ0v) is 13.7. The molecule has 21 heavy (non-hydrogen) atoms. The van der Waals surface area contributed by atoms with E-state index in [1.165, 1.54) is 0 Å². The van der Waals surface area contributed by atoms with E-state index in [1.54, 1.807) is 17.1 Å². The van der Waals surface area contributed by atoms with E-state index in [2.05, 4.69) is 26.3 Å². The number of hydrogen-bond donors (Lipinski definition) is 2. The molecule has 2 rings (SSSR count). The number of nitrogens with two attached hydrogens (primary N) is 1. The van der Waals surface area contributed by atoms with Crippen LogP contribution in [0.3, 0.4) is 0 Å². The molecule has 0 aliphatic rings. The number of aromatic nitrogens is 2. The van der Waals surface area contributed by atoms with Crippen molar-refractivity contribution >= 4 is 27.5 Å². The first-order valence-corrected chi connectivity index (χ1v) is 7.68. The van der Waals surface area contributed by atoms with Crippen LogP contribution in [0.2, 0.25) is 0 Å². The van der Waals surface area contributed by atoms with Crippen molar-refractivity contribution in [2.24, 2.45) is 11.7 Å². The number of halogens is 1. The maximum absolute atomic E-state index is 12.0. The summed E-state index contributed by atoms with van der Waals surface area (Å²) in [4.78, 5) is 12.0. The zero-order valence-electron chi connectivity index (χ0n) is 12.1. The third-order valence-corrected chi connectivity index (χ3v) is 4.18. The molecular weight excluding hydrogens is 332 g/mol. The number of benzene rings is 1. The van der Waals surface area contributed by atoms with Gasteiger partial charge in [0, 0.05) is 4.47 Å². The molecular formula is C15H19BrN4O. The van der Waals surface area contributed by atoms with Crippen LogP contribution in [0.5, 0.6) is 0 Å². The van der Waals surface area contributed by atoms with Crippen LogP contribution in [0, 0.1) is 5.92 Å². The number of hydrogen-bond acceptors (Lipinski definition) is 3. The van der Waals surface area contributed by atoms with Gasteiger partial charge in [-0.1, -0.05) is 32.4 Å². The fraction of sp³-hybridized carbons (Fsp3) is 0.333. The van der Waals surface area contributed by atoms with E-state index in [-0.39, 0.29) is 11.8 Å². The lowest BCUT2D eigenvalue weighted by Crippen LogP contribution is -2.40. The van der Waals surface area contributed by atoms with Crippen molar-refractivity contribution in [3.63, 3.8) is 0 Å². The molecule has 6 heteroatoms. The number of anilines is 1. The second kappa shape index (κ2) is 6.87. The molecule has 2 unspecified atom stereocenters. The molecule has 1 heterocycles. The molecule has 0 aliphatic carbocycles. The van der Waals surface area contributed by atoms with Crippen molar-refractivity contribution in [1.82, 2.24) is 9.78 Å². The highest BCUT2D eigenvalue weighted by atomic mass is 79.9. The quantitative estimate of drug-likeness (QED) is 0.870. The maximum Gasteiger partial charge on any atom is 0.241 e. The molecule has 1 amide bonds. The predicted molar refractivity (Wildman–Crippen MR) is 87.3 cm³/mol. The summed E-state index contributed by atoms with van der Waals surface area (Å²) >= 11 is 3.48. The average Bonchev–Trinajstić information content (AvgIpc) is 2.94. The summed E-state index contributed by atoms with van der Waals surface area (Å²) in [5.74, 6) is -0.0423. The van der Waals surface area contributed by atoms with Crippen LogP contribution in [0.15, 0.2) is 41.1 Å². The van der Waals surface area contributed by atoms with E-state index in [4.69, 9.17) is 5.73 Å². The van der Waals surface area contributed by atoms with E-state index in [0.29, 0.717) is 5.69 Å². The Hall–Kier alpha value is -1.66. The fourth-order valence-electron chi connectivity index (χ4n) is 1.89. The average molecular weight is 351 g/mol. The molecule has 1 aromatic heterocycles. The number of carbonyl (C=O) groups excluding carboxylic acids is 1. The summed E-state index contributed by atoms with van der Waals surface area (Å²) in [5, 5.41) is 7.06. The Balaban J connectivity index is 2.11. The fourth-order valence-corrected chi connectivity index (χ4v) is 2.36. The van der Waals surface area contributed by atoms with Gasteiger partial charge < -0.3 is 11.1 Å². The predicted octanol–water partition coefficient (Wildman–Crippen LogP) is 2.95. The third-order valence-electron chi connectivity index (χ3n) is 3.51. The Labute approximate surface area is 132 Å². The Morgan fingerprint density at radius 1 is 1.48 bits per heavy atom. The molecule has 112 valence electrons. The van der Waals surface area contributed by atoms with Crippen molar-refractivity contribution < 1.29 is 4.79 Å². The molecule has 2 atom stereocenters. The van der Waals surface area contributed by atoms with Gasteiger partial charge in [0.05, 0.1) is 29.8 Å². The lowest BCUT2D eigenvalue weighted by atomic mass is 9.99. The topological polar surface area (TPSA) is 72.9 Å². The zero-order chi connectivity index (χ0) is 15.4. The van der Waals surface area contributed by atoms with E-state index in [1.807, 2.05) is 38.1 Å². The Kier molecular flexibility index (Phi) is 5.14. The van der Waals surface area contributed by atoms with Gasteiger partial charge in [0.1, 0.15) is 0 Å². The monoisotopic (exact) mass is 350 g/mol. The van der Waals surface area contributed by atoms with Gasteiger partial charge in [-0.25, -0.2) is 4.68 Å². The molecule has 0 radical (unpaired) electrons. The van der Waals surface area contributed by atoms with Gasteiger partial charge in [0.2, 0.25) is 5.91 Å². The summed E-state index contributed by atoms with van der Waals surface area (Å²) in [6.07, 6.45) is 4.24. The van der Waals surface area contributed by atoms with Crippen molar-refractivity contribution in [3.8, 4) is 5.69 Å². The standard InChI is InChI=1S/C15H19BrN4O/c1-3-10(2)14(17)15(21)19-11-8-18-20(9-11)13-7-5-4-6-12(13)16/h4-10,14H,3,17H2,1-2H3,(H,19,21). The van der Waals surface area contributed by atoms with Crippen LogP contribution in [0.25, 0.3) is 5.69 Å². The number of para-hydroxylation sites is 1. The van der Waals surface area contributed by atoms with Crippen molar-refractivity contribution in [2.75, 3.05) is 5.32 Å². The minimum Gasteiger partial charge on any atom is -0.322 e. The van der Waals surface area contributed by atoms with Crippen LogP contribution >= 0.6 is 15.9 Å². The largest absolute Gasteiger partial charge is 0.322 e. The Morgan fingerprint density at radius 3 is 2.86 bits per heavy atom. The Bertz CT molecular complexity index is 626. The maximum atomic E-state index is 12.0. The molecule has 0 fully saturated rings. The minimum absolute atomic E-state index is 0.142. The SMILES string of the molecule is CCC(C)C(N)C(=O)Nc1cnn(-c2ccccc2Br)c1. The van der Waals surface area contributed by atoms with E-state index in [9.17, 15) is 4.79 Å². The Morgan fingerprint density at radius 2 is 2.19 bits per heavy atom. The van der Waals surface area contributed by atoms with Gasteiger partial charge in [-0.3, -0.25) is 4.79 Å². The van der Waals surface area contributed by atoms with E-state index < -0.39 is 6.04 Å². The first kappa shape index (κ1) is 15.7. The van der Waals surface area contributed by atoms with Crippen LogP contribution in [0.1, 0.15) is 20.3 Å². The molecule has 0 aliphatic heterocycles. The molecule has 1 aromatic carbocycles. The summed E-state index contributed by atoms with van der Waals surface area (Å²) in [6.45, 7) is 3.98. The van der Waals surface area contributed by atoms with Crippen LogP contribution in [-0.4, -0.2) is 21.7 Å². The van der Waals surface area contributed by atoms with Gasteiger partial charge >= 0.3 is 0 Å². The summed E-state index contributed by atoms with van der Waals surface area (Å²) in [7, 11) is 0. The molecule has 0 saturated carbocycles. The van der Waals surface area contributed by atoms with Gasteiger partial charge in [-0.05, 0) is 34.0 Å². The van der Waals surface area contributed by atoms with E-state index in [0.717, 1.165) is 16.6 Å². The summed E-state index contributed by atoms with van der Waals surface area (Å²) in [6, 6.07) is 7.23. The highest BCUT2D eigenvalue weighted by Crippen LogP contribution is 2.21. The van der Waals surface area contributed by atoms with Crippen molar-refractivity contribution in [2.45, 2.75) is 26.3 Å². The lowest BCUT2D eigenvalue weighted by Gasteiger charge is -2.16. The van der Waals surface area contributed by atoms with Gasteiger partial charge in [-0.2, -0.15) is 5.10 Å². The number of carbonyl (C=O) groups is 1. The summed E-state index contributed by atoms with van der Waals surface area (Å²) < 4.78 is 2.64. The number of nitrogens with zero attached hydrogens (tertiary/aromatic N) is 2. The van der Waals surface area contributed by atoms with Gasteiger partial charge in [0.15, 0.2) is 0 Å². The molecule has 2 aromatic rings. The molecule has 0 saturated heterocycles. The number of rotatable bonds is 5. The van der Waals surface area contributed by atoms with Crippen LogP contribution in [-0.2, 0) is 4.79 Å². The van der Waals surface area contributed by atoms with Crippen molar-refractivity contribution in [1.29, 1.82) is 0 Å².